The Morgan fingerprint density at radius 2 is 1.42 bits per heavy atom. The topological polar surface area (TPSA) is 66.8 Å². The molecule has 0 saturated heterocycles. The van der Waals surface area contributed by atoms with E-state index in [0.717, 1.165) is 25.7 Å². The van der Waals surface area contributed by atoms with Crippen molar-refractivity contribution in [3.63, 3.8) is 0 Å². The van der Waals surface area contributed by atoms with E-state index < -0.39 is 5.97 Å². The highest BCUT2D eigenvalue weighted by Crippen LogP contribution is 2.19. The molecule has 0 amide bonds. The van der Waals surface area contributed by atoms with Gasteiger partial charge in [-0.1, -0.05) is 77.9 Å². The average molecular weight is 507 g/mol. The molecule has 2 aromatic rings. The van der Waals surface area contributed by atoms with Crippen LogP contribution in [-0.4, -0.2) is 27.8 Å². The highest BCUT2D eigenvalue weighted by molar-refractivity contribution is 7.80. The maximum Gasteiger partial charge on any atom is 0.335 e. The Morgan fingerprint density at radius 3 is 2.00 bits per heavy atom. The number of aliphatic hydroxyl groups is 1. The van der Waals surface area contributed by atoms with E-state index >= 15 is 0 Å². The SMILES string of the molecule is C=C(C(=O)O)c1ccccc1.CC(C)=CCCC(C)=CCCC(C)=CCOc1ccccc1C(O)=S. The number of thiocarbonyl (C=S) groups is 1. The summed E-state index contributed by atoms with van der Waals surface area (Å²) in [6, 6.07) is 16.1. The molecular formula is C31H38O4S. The maximum absolute atomic E-state index is 10.4. The number of aliphatic hydroxyl groups excluding tert-OH is 1. The van der Waals surface area contributed by atoms with E-state index in [1.165, 1.54) is 16.7 Å². The van der Waals surface area contributed by atoms with Gasteiger partial charge in [0.1, 0.15) is 12.4 Å². The number of carbonyl (C=O) groups is 1. The molecule has 0 atom stereocenters. The average Bonchev–Trinajstić information content (AvgIpc) is 2.84. The minimum atomic E-state index is -0.976. The molecule has 0 aliphatic carbocycles. The Labute approximate surface area is 221 Å². The first-order valence-electron chi connectivity index (χ1n) is 12.0. The standard InChI is InChI=1S/C22H30O2S.C9H8O2/c1-17(2)9-7-10-18(3)11-8-12-19(4)15-16-24-21-14-6-5-13-20(21)22(23)25;1-7(9(10)11)8-5-3-2-4-6-8/h5-6,9,11,13-15H,7-8,10,12,16H2,1-4H3,(H,23,25);2-6H,1H2,(H,10,11). The van der Waals surface area contributed by atoms with Gasteiger partial charge in [0, 0.05) is 0 Å². The monoisotopic (exact) mass is 506 g/mol. The predicted octanol–water partition coefficient (Wildman–Crippen LogP) is 8.50. The quantitative estimate of drug-likeness (QED) is 0.172. The first kappa shape index (κ1) is 30.6. The molecule has 2 aromatic carbocycles. The number of allylic oxidation sites excluding steroid dienone is 5. The van der Waals surface area contributed by atoms with E-state index in [4.69, 9.17) is 22.1 Å². The molecule has 0 unspecified atom stereocenters. The zero-order valence-electron chi connectivity index (χ0n) is 21.8. The van der Waals surface area contributed by atoms with Gasteiger partial charge in [0.25, 0.3) is 0 Å². The number of hydrogen-bond acceptors (Lipinski definition) is 3. The summed E-state index contributed by atoms with van der Waals surface area (Å²) in [7, 11) is 0. The summed E-state index contributed by atoms with van der Waals surface area (Å²) in [5.41, 5.74) is 5.49. The molecule has 0 radical (unpaired) electrons. The Hall–Kier alpha value is -3.44. The van der Waals surface area contributed by atoms with E-state index in [1.807, 2.05) is 24.3 Å². The van der Waals surface area contributed by atoms with Gasteiger partial charge in [-0.15, -0.1) is 0 Å². The van der Waals surface area contributed by atoms with Crippen LogP contribution in [0.5, 0.6) is 5.75 Å². The number of carboxylic acids is 1. The number of hydrogen-bond donors (Lipinski definition) is 2. The number of benzene rings is 2. The second-order valence-electron chi connectivity index (χ2n) is 8.72. The molecule has 2 N–H and O–H groups in total. The van der Waals surface area contributed by atoms with Crippen molar-refractivity contribution in [2.75, 3.05) is 6.61 Å². The minimum absolute atomic E-state index is 0.130. The van der Waals surface area contributed by atoms with Crippen LogP contribution in [0.15, 0.2) is 96.1 Å². The highest BCUT2D eigenvalue weighted by atomic mass is 32.1. The van der Waals surface area contributed by atoms with Crippen molar-refractivity contribution < 1.29 is 19.7 Å². The summed E-state index contributed by atoms with van der Waals surface area (Å²) in [5, 5.41) is 17.9. The Balaban J connectivity index is 0.000000488. The van der Waals surface area contributed by atoms with Crippen LogP contribution in [0.3, 0.4) is 0 Å². The molecule has 0 bridgehead atoms. The van der Waals surface area contributed by atoms with Gasteiger partial charge in [-0.05, 0) is 89.4 Å². The van der Waals surface area contributed by atoms with Gasteiger partial charge in [0.05, 0.1) is 11.1 Å². The van der Waals surface area contributed by atoms with Crippen molar-refractivity contribution >= 4 is 28.8 Å². The lowest BCUT2D eigenvalue weighted by Crippen LogP contribution is -2.02. The smallest absolute Gasteiger partial charge is 0.335 e. The van der Waals surface area contributed by atoms with Gasteiger partial charge in [-0.3, -0.25) is 0 Å². The summed E-state index contributed by atoms with van der Waals surface area (Å²) in [5.74, 6) is -0.356. The van der Waals surface area contributed by atoms with Crippen LogP contribution in [0.25, 0.3) is 5.57 Å². The van der Waals surface area contributed by atoms with Gasteiger partial charge in [-0.25, -0.2) is 4.79 Å². The lowest BCUT2D eigenvalue weighted by Gasteiger charge is -2.08. The van der Waals surface area contributed by atoms with E-state index in [9.17, 15) is 9.90 Å². The molecule has 5 heteroatoms. The van der Waals surface area contributed by atoms with Gasteiger partial charge >= 0.3 is 5.97 Å². The van der Waals surface area contributed by atoms with Crippen LogP contribution in [0.4, 0.5) is 0 Å². The molecule has 0 saturated carbocycles. The number of carboxylic acid groups (broad SMARTS) is 1. The highest BCUT2D eigenvalue weighted by Gasteiger charge is 2.06. The molecule has 4 nitrogen and oxygen atoms in total. The van der Waals surface area contributed by atoms with E-state index in [-0.39, 0.29) is 10.6 Å². The van der Waals surface area contributed by atoms with Crippen molar-refractivity contribution in [3.05, 3.63) is 107 Å². The van der Waals surface area contributed by atoms with Gasteiger partial charge < -0.3 is 14.9 Å². The van der Waals surface area contributed by atoms with Crippen molar-refractivity contribution in [3.8, 4) is 5.75 Å². The summed E-state index contributed by atoms with van der Waals surface area (Å²) in [6.07, 6.45) is 11.0. The lowest BCUT2D eigenvalue weighted by molar-refractivity contribution is -0.130. The second kappa shape index (κ2) is 17.1. The van der Waals surface area contributed by atoms with Crippen molar-refractivity contribution in [2.45, 2.75) is 53.4 Å². The Kier molecular flexibility index (Phi) is 14.5. The molecule has 2 rings (SSSR count). The molecule has 0 heterocycles. The number of aliphatic carboxylic acids is 1. The predicted molar refractivity (Wildman–Crippen MR) is 155 cm³/mol. The largest absolute Gasteiger partial charge is 0.498 e. The number of rotatable bonds is 12. The molecular weight excluding hydrogens is 468 g/mol. The molecule has 0 aliphatic heterocycles. The van der Waals surface area contributed by atoms with Crippen LogP contribution < -0.4 is 4.74 Å². The molecule has 0 fully saturated rings. The maximum atomic E-state index is 10.4. The molecule has 0 aliphatic rings. The lowest BCUT2D eigenvalue weighted by atomic mass is 10.1. The van der Waals surface area contributed by atoms with Crippen LogP contribution >= 0.6 is 12.2 Å². The van der Waals surface area contributed by atoms with Crippen molar-refractivity contribution in [1.82, 2.24) is 0 Å². The third kappa shape index (κ3) is 12.9. The van der Waals surface area contributed by atoms with Crippen LogP contribution in [-0.2, 0) is 4.79 Å². The zero-order chi connectivity index (χ0) is 26.9. The summed E-state index contributed by atoms with van der Waals surface area (Å²) in [6.45, 7) is 12.5. The number of para-hydroxylation sites is 1. The van der Waals surface area contributed by atoms with Crippen LogP contribution in [0.2, 0.25) is 0 Å². The zero-order valence-corrected chi connectivity index (χ0v) is 22.6. The van der Waals surface area contributed by atoms with Gasteiger partial charge in [0.15, 0.2) is 5.05 Å². The molecule has 0 aromatic heterocycles. The first-order valence-corrected chi connectivity index (χ1v) is 12.4. The van der Waals surface area contributed by atoms with Gasteiger partial charge in [0.2, 0.25) is 0 Å². The molecule has 36 heavy (non-hydrogen) atoms. The van der Waals surface area contributed by atoms with E-state index in [0.29, 0.717) is 23.5 Å². The van der Waals surface area contributed by atoms with Crippen LogP contribution in [0, 0.1) is 0 Å². The third-order valence-electron chi connectivity index (χ3n) is 5.29. The fourth-order valence-corrected chi connectivity index (χ4v) is 3.31. The fraction of sp³-hybridized carbons (Fsp3) is 0.290. The van der Waals surface area contributed by atoms with Crippen molar-refractivity contribution in [1.29, 1.82) is 0 Å². The first-order chi connectivity index (χ1) is 17.1. The molecule has 0 spiro atoms. The summed E-state index contributed by atoms with van der Waals surface area (Å²) >= 11 is 4.83. The van der Waals surface area contributed by atoms with E-state index in [2.05, 4.69) is 52.5 Å². The Morgan fingerprint density at radius 1 is 0.861 bits per heavy atom. The second-order valence-corrected chi connectivity index (χ2v) is 9.11. The minimum Gasteiger partial charge on any atom is -0.498 e. The summed E-state index contributed by atoms with van der Waals surface area (Å²) < 4.78 is 5.73. The fourth-order valence-electron chi connectivity index (χ4n) is 3.14. The molecule has 192 valence electrons. The van der Waals surface area contributed by atoms with Crippen LogP contribution in [0.1, 0.15) is 64.5 Å². The summed E-state index contributed by atoms with van der Waals surface area (Å²) in [4.78, 5) is 10.4. The van der Waals surface area contributed by atoms with Gasteiger partial charge in [-0.2, -0.15) is 0 Å². The third-order valence-corrected chi connectivity index (χ3v) is 5.51. The number of ether oxygens (including phenoxy) is 1. The van der Waals surface area contributed by atoms with Crippen molar-refractivity contribution in [2.24, 2.45) is 0 Å². The normalized spacial score (nSPS) is 11.1. The Bertz CT molecular complexity index is 1090. The van der Waals surface area contributed by atoms with E-state index in [1.54, 1.807) is 30.3 Å².